The zero-order valence-electron chi connectivity index (χ0n) is 12.7. The van der Waals surface area contributed by atoms with E-state index in [1.165, 1.54) is 24.0 Å². The molecule has 0 saturated heterocycles. The quantitative estimate of drug-likeness (QED) is 0.760. The van der Waals surface area contributed by atoms with Gasteiger partial charge in [0.25, 0.3) is 0 Å². The van der Waals surface area contributed by atoms with Gasteiger partial charge in [0.15, 0.2) is 0 Å². The molecule has 0 spiro atoms. The average Bonchev–Trinajstić information content (AvgIpc) is 2.29. The van der Waals surface area contributed by atoms with Crippen molar-refractivity contribution in [3.63, 3.8) is 0 Å². The molecular weight excluding hydrogens is 218 g/mol. The molecule has 1 atom stereocenters. The second-order valence-electron chi connectivity index (χ2n) is 6.15. The Morgan fingerprint density at radius 3 is 2.06 bits per heavy atom. The lowest BCUT2D eigenvalue weighted by Gasteiger charge is -2.19. The highest BCUT2D eigenvalue weighted by molar-refractivity contribution is 5.25. The van der Waals surface area contributed by atoms with E-state index in [9.17, 15) is 0 Å². The Bertz CT molecular complexity index is 324. The maximum absolute atomic E-state index is 3.32. The van der Waals surface area contributed by atoms with Crippen LogP contribution in [0.25, 0.3) is 0 Å². The first-order valence-corrected chi connectivity index (χ1v) is 7.26. The van der Waals surface area contributed by atoms with Crippen LogP contribution in [-0.2, 0) is 6.42 Å². The van der Waals surface area contributed by atoms with Gasteiger partial charge in [-0.25, -0.2) is 0 Å². The fourth-order valence-corrected chi connectivity index (χ4v) is 2.57. The van der Waals surface area contributed by atoms with Crippen molar-refractivity contribution in [2.75, 3.05) is 13.6 Å². The molecular formula is C17H29N. The van der Waals surface area contributed by atoms with Crippen molar-refractivity contribution in [2.24, 2.45) is 11.8 Å². The molecule has 0 amide bonds. The lowest BCUT2D eigenvalue weighted by Crippen LogP contribution is -2.22. The standard InChI is InChI=1S/C17H29N/c1-13(2)10-16(12-18-5)11-15-6-8-17(9-7-15)14(3)4/h6-9,13-14,16,18H,10-12H2,1-5H3. The van der Waals surface area contributed by atoms with Gasteiger partial charge in [-0.3, -0.25) is 0 Å². The number of hydrogen-bond donors (Lipinski definition) is 1. The summed E-state index contributed by atoms with van der Waals surface area (Å²) in [7, 11) is 2.05. The van der Waals surface area contributed by atoms with Gasteiger partial charge in [-0.1, -0.05) is 52.0 Å². The summed E-state index contributed by atoms with van der Waals surface area (Å²) in [6.07, 6.45) is 2.49. The second kappa shape index (κ2) is 7.58. The van der Waals surface area contributed by atoms with Crippen LogP contribution < -0.4 is 5.32 Å². The molecule has 0 aliphatic carbocycles. The van der Waals surface area contributed by atoms with Gasteiger partial charge in [-0.05, 0) is 55.3 Å². The van der Waals surface area contributed by atoms with Gasteiger partial charge < -0.3 is 5.32 Å². The lowest BCUT2D eigenvalue weighted by molar-refractivity contribution is 0.395. The molecule has 1 rings (SSSR count). The highest BCUT2D eigenvalue weighted by atomic mass is 14.8. The highest BCUT2D eigenvalue weighted by Gasteiger charge is 2.11. The summed E-state index contributed by atoms with van der Waals surface area (Å²) in [6, 6.07) is 9.17. The van der Waals surface area contributed by atoms with Gasteiger partial charge in [0.05, 0.1) is 0 Å². The first kappa shape index (κ1) is 15.2. The van der Waals surface area contributed by atoms with Crippen molar-refractivity contribution in [1.29, 1.82) is 0 Å². The number of rotatable bonds is 7. The molecule has 18 heavy (non-hydrogen) atoms. The zero-order chi connectivity index (χ0) is 13.5. The van der Waals surface area contributed by atoms with Crippen LogP contribution in [0.3, 0.4) is 0 Å². The Morgan fingerprint density at radius 2 is 1.61 bits per heavy atom. The summed E-state index contributed by atoms with van der Waals surface area (Å²) < 4.78 is 0. The van der Waals surface area contributed by atoms with Gasteiger partial charge in [0, 0.05) is 0 Å². The molecule has 0 aromatic heterocycles. The molecule has 1 nitrogen and oxygen atoms in total. The van der Waals surface area contributed by atoms with E-state index in [1.807, 2.05) is 0 Å². The van der Waals surface area contributed by atoms with Gasteiger partial charge >= 0.3 is 0 Å². The molecule has 0 aliphatic rings. The molecule has 1 heteroatoms. The molecule has 0 saturated carbocycles. The maximum atomic E-state index is 3.32. The molecule has 0 heterocycles. The molecule has 0 fully saturated rings. The van der Waals surface area contributed by atoms with Crippen LogP contribution in [0.1, 0.15) is 51.2 Å². The summed E-state index contributed by atoms with van der Waals surface area (Å²) >= 11 is 0. The minimum atomic E-state index is 0.628. The van der Waals surface area contributed by atoms with Crippen LogP contribution in [0.4, 0.5) is 0 Å². The van der Waals surface area contributed by atoms with E-state index in [-0.39, 0.29) is 0 Å². The van der Waals surface area contributed by atoms with Crippen LogP contribution >= 0.6 is 0 Å². The van der Waals surface area contributed by atoms with Crippen LogP contribution in [0, 0.1) is 11.8 Å². The van der Waals surface area contributed by atoms with E-state index >= 15 is 0 Å². The van der Waals surface area contributed by atoms with Crippen molar-refractivity contribution in [2.45, 2.75) is 46.5 Å². The molecule has 0 radical (unpaired) electrons. The van der Waals surface area contributed by atoms with Crippen LogP contribution in [-0.4, -0.2) is 13.6 Å². The predicted molar refractivity (Wildman–Crippen MR) is 81.1 cm³/mol. The van der Waals surface area contributed by atoms with E-state index in [2.05, 4.69) is 64.3 Å². The Kier molecular flexibility index (Phi) is 6.42. The molecule has 1 N–H and O–H groups in total. The first-order chi connectivity index (χ1) is 8.52. The third-order valence-corrected chi connectivity index (χ3v) is 3.47. The van der Waals surface area contributed by atoms with Crippen LogP contribution in [0.5, 0.6) is 0 Å². The summed E-state index contributed by atoms with van der Waals surface area (Å²) in [5, 5.41) is 3.32. The van der Waals surface area contributed by atoms with Gasteiger partial charge in [-0.15, -0.1) is 0 Å². The number of nitrogens with one attached hydrogen (secondary N) is 1. The Balaban J connectivity index is 2.62. The Hall–Kier alpha value is -0.820. The van der Waals surface area contributed by atoms with E-state index in [1.54, 1.807) is 0 Å². The highest BCUT2D eigenvalue weighted by Crippen LogP contribution is 2.19. The molecule has 1 aromatic carbocycles. The fourth-order valence-electron chi connectivity index (χ4n) is 2.57. The topological polar surface area (TPSA) is 12.0 Å². The number of hydrogen-bond acceptors (Lipinski definition) is 1. The van der Waals surface area contributed by atoms with Crippen molar-refractivity contribution >= 4 is 0 Å². The SMILES string of the molecule is CNCC(Cc1ccc(C(C)C)cc1)CC(C)C. The molecule has 102 valence electrons. The maximum Gasteiger partial charge on any atom is -0.00202 e. The smallest absolute Gasteiger partial charge is 0.00202 e. The zero-order valence-corrected chi connectivity index (χ0v) is 12.7. The molecule has 0 aliphatic heterocycles. The first-order valence-electron chi connectivity index (χ1n) is 7.26. The molecule has 1 aromatic rings. The van der Waals surface area contributed by atoms with Gasteiger partial charge in [-0.2, -0.15) is 0 Å². The summed E-state index contributed by atoms with van der Waals surface area (Å²) in [5.41, 5.74) is 2.91. The monoisotopic (exact) mass is 247 g/mol. The Labute approximate surface area is 113 Å². The minimum absolute atomic E-state index is 0.628. The summed E-state index contributed by atoms with van der Waals surface area (Å²) in [5.74, 6) is 2.15. The molecule has 0 bridgehead atoms. The Morgan fingerprint density at radius 1 is 1.00 bits per heavy atom. The van der Waals surface area contributed by atoms with E-state index < -0.39 is 0 Å². The van der Waals surface area contributed by atoms with Gasteiger partial charge in [0.2, 0.25) is 0 Å². The van der Waals surface area contributed by atoms with E-state index in [4.69, 9.17) is 0 Å². The minimum Gasteiger partial charge on any atom is -0.319 e. The third kappa shape index (κ3) is 5.22. The van der Waals surface area contributed by atoms with Crippen molar-refractivity contribution in [1.82, 2.24) is 5.32 Å². The normalized spacial score (nSPS) is 13.3. The van der Waals surface area contributed by atoms with Crippen molar-refractivity contribution in [3.8, 4) is 0 Å². The predicted octanol–water partition coefficient (Wildman–Crippen LogP) is 4.23. The van der Waals surface area contributed by atoms with Gasteiger partial charge in [0.1, 0.15) is 0 Å². The largest absolute Gasteiger partial charge is 0.319 e. The molecule has 1 unspecified atom stereocenters. The second-order valence-corrected chi connectivity index (χ2v) is 6.15. The van der Waals surface area contributed by atoms with E-state index in [0.717, 1.165) is 18.4 Å². The van der Waals surface area contributed by atoms with Crippen LogP contribution in [0.15, 0.2) is 24.3 Å². The van der Waals surface area contributed by atoms with E-state index in [0.29, 0.717) is 5.92 Å². The summed E-state index contributed by atoms with van der Waals surface area (Å²) in [6.45, 7) is 10.2. The summed E-state index contributed by atoms with van der Waals surface area (Å²) in [4.78, 5) is 0. The van der Waals surface area contributed by atoms with Crippen LogP contribution in [0.2, 0.25) is 0 Å². The lowest BCUT2D eigenvalue weighted by atomic mass is 9.90. The van der Waals surface area contributed by atoms with Crippen molar-refractivity contribution < 1.29 is 0 Å². The van der Waals surface area contributed by atoms with Crippen molar-refractivity contribution in [3.05, 3.63) is 35.4 Å². The third-order valence-electron chi connectivity index (χ3n) is 3.47. The number of benzene rings is 1. The fraction of sp³-hybridized carbons (Fsp3) is 0.647. The average molecular weight is 247 g/mol.